The summed E-state index contributed by atoms with van der Waals surface area (Å²) < 4.78 is 0. The molecule has 1 aliphatic heterocycles. The van der Waals surface area contributed by atoms with E-state index in [0.29, 0.717) is 19.4 Å². The lowest BCUT2D eigenvalue weighted by molar-refractivity contribution is -0.129. The Balaban J connectivity index is 1.95. The van der Waals surface area contributed by atoms with Gasteiger partial charge in [0.15, 0.2) is 5.96 Å². The van der Waals surface area contributed by atoms with Crippen molar-refractivity contribution in [1.82, 2.24) is 15.5 Å². The standard InChI is InChI=1S/C21H33N5O2/c1-4-8-19(27)24-17-10-7-9-16(13-17)14-23-21(22-6-3)25-18-11-12-26(15-18)20(28)5-2/h7,9-10,13,18H,4-6,8,11-12,14-15H2,1-3H3,(H,24,27)(H2,22,23,25). The molecule has 3 N–H and O–H groups in total. The zero-order chi connectivity index (χ0) is 20.4. The molecular weight excluding hydrogens is 354 g/mol. The van der Waals surface area contributed by atoms with E-state index in [1.165, 1.54) is 0 Å². The van der Waals surface area contributed by atoms with Crippen LogP contribution in [0.2, 0.25) is 0 Å². The number of aliphatic imine (C=N–C) groups is 1. The average molecular weight is 388 g/mol. The van der Waals surface area contributed by atoms with Gasteiger partial charge in [-0.2, -0.15) is 0 Å². The highest BCUT2D eigenvalue weighted by Crippen LogP contribution is 2.13. The van der Waals surface area contributed by atoms with E-state index >= 15 is 0 Å². The number of anilines is 1. The second-order valence-corrected chi connectivity index (χ2v) is 7.02. The third-order valence-corrected chi connectivity index (χ3v) is 4.64. The van der Waals surface area contributed by atoms with Gasteiger partial charge in [-0.1, -0.05) is 26.0 Å². The molecule has 2 amide bonds. The molecule has 1 unspecified atom stereocenters. The number of nitrogens with zero attached hydrogens (tertiary/aromatic N) is 2. The van der Waals surface area contributed by atoms with Crippen LogP contribution in [0, 0.1) is 0 Å². The summed E-state index contributed by atoms with van der Waals surface area (Å²) in [6.07, 6.45) is 2.83. The number of benzene rings is 1. The molecule has 1 fully saturated rings. The number of hydrogen-bond donors (Lipinski definition) is 3. The summed E-state index contributed by atoms with van der Waals surface area (Å²) >= 11 is 0. The summed E-state index contributed by atoms with van der Waals surface area (Å²) in [5, 5.41) is 9.62. The van der Waals surface area contributed by atoms with E-state index in [2.05, 4.69) is 20.9 Å². The molecule has 0 saturated carbocycles. The normalized spacial score (nSPS) is 16.8. The maximum atomic E-state index is 11.9. The number of nitrogens with one attached hydrogen (secondary N) is 3. The highest BCUT2D eigenvalue weighted by atomic mass is 16.2. The van der Waals surface area contributed by atoms with Gasteiger partial charge in [0.25, 0.3) is 0 Å². The van der Waals surface area contributed by atoms with Crippen LogP contribution in [-0.2, 0) is 16.1 Å². The molecule has 7 nitrogen and oxygen atoms in total. The van der Waals surface area contributed by atoms with E-state index in [1.807, 2.05) is 49.9 Å². The Morgan fingerprint density at radius 1 is 1.25 bits per heavy atom. The van der Waals surface area contributed by atoms with E-state index in [4.69, 9.17) is 0 Å². The van der Waals surface area contributed by atoms with Gasteiger partial charge in [-0.25, -0.2) is 4.99 Å². The second-order valence-electron chi connectivity index (χ2n) is 7.02. The Labute approximate surface area is 168 Å². The van der Waals surface area contributed by atoms with Crippen molar-refractivity contribution >= 4 is 23.5 Å². The summed E-state index contributed by atoms with van der Waals surface area (Å²) in [6.45, 7) is 8.71. The molecule has 28 heavy (non-hydrogen) atoms. The quantitative estimate of drug-likeness (QED) is 0.473. The lowest BCUT2D eigenvalue weighted by atomic mass is 10.2. The first-order chi connectivity index (χ1) is 13.5. The molecule has 1 aromatic carbocycles. The van der Waals surface area contributed by atoms with Gasteiger partial charge in [-0.3, -0.25) is 9.59 Å². The van der Waals surface area contributed by atoms with Crippen molar-refractivity contribution in [2.75, 3.05) is 25.0 Å². The van der Waals surface area contributed by atoms with Gasteiger partial charge < -0.3 is 20.9 Å². The molecule has 0 bridgehead atoms. The van der Waals surface area contributed by atoms with Gasteiger partial charge in [-0.15, -0.1) is 0 Å². The highest BCUT2D eigenvalue weighted by molar-refractivity contribution is 5.90. The van der Waals surface area contributed by atoms with Crippen LogP contribution in [0.5, 0.6) is 0 Å². The van der Waals surface area contributed by atoms with Crippen LogP contribution in [-0.4, -0.2) is 48.3 Å². The molecule has 0 spiro atoms. The summed E-state index contributed by atoms with van der Waals surface area (Å²) in [4.78, 5) is 30.2. The number of carbonyl (C=O) groups is 2. The first kappa shape index (κ1) is 21.7. The van der Waals surface area contributed by atoms with E-state index in [1.54, 1.807) is 0 Å². The second kappa shape index (κ2) is 11.3. The molecule has 1 atom stereocenters. The first-order valence-electron chi connectivity index (χ1n) is 10.3. The number of rotatable bonds is 8. The van der Waals surface area contributed by atoms with Crippen LogP contribution in [0.3, 0.4) is 0 Å². The molecule has 7 heteroatoms. The minimum Gasteiger partial charge on any atom is -0.357 e. The monoisotopic (exact) mass is 387 g/mol. The Hall–Kier alpha value is -2.57. The number of amides is 2. The predicted molar refractivity (Wildman–Crippen MR) is 113 cm³/mol. The number of guanidine groups is 1. The van der Waals surface area contributed by atoms with Gasteiger partial charge in [0.05, 0.1) is 6.54 Å². The summed E-state index contributed by atoms with van der Waals surface area (Å²) in [6, 6.07) is 7.99. The zero-order valence-electron chi connectivity index (χ0n) is 17.3. The van der Waals surface area contributed by atoms with Crippen LogP contribution in [0.25, 0.3) is 0 Å². The molecule has 2 rings (SSSR count). The number of carbonyl (C=O) groups excluding carboxylic acids is 2. The van der Waals surface area contributed by atoms with Crippen LogP contribution in [0.4, 0.5) is 5.69 Å². The fourth-order valence-electron chi connectivity index (χ4n) is 3.21. The molecule has 1 aliphatic rings. The topological polar surface area (TPSA) is 85.8 Å². The first-order valence-corrected chi connectivity index (χ1v) is 10.3. The molecule has 0 aliphatic carbocycles. The predicted octanol–water partition coefficient (Wildman–Crippen LogP) is 2.49. The summed E-state index contributed by atoms with van der Waals surface area (Å²) in [5.74, 6) is 0.984. The van der Waals surface area contributed by atoms with Crippen molar-refractivity contribution in [2.45, 2.75) is 59.0 Å². The molecule has 0 radical (unpaired) electrons. The van der Waals surface area contributed by atoms with Gasteiger partial charge in [0, 0.05) is 44.2 Å². The lowest BCUT2D eigenvalue weighted by Gasteiger charge is -2.18. The minimum absolute atomic E-state index is 0.0329. The summed E-state index contributed by atoms with van der Waals surface area (Å²) in [7, 11) is 0. The molecular formula is C21H33N5O2. The minimum atomic E-state index is 0.0329. The molecule has 154 valence electrons. The number of likely N-dealkylation sites (tertiary alicyclic amines) is 1. The van der Waals surface area contributed by atoms with Gasteiger partial charge in [0.1, 0.15) is 0 Å². The zero-order valence-corrected chi connectivity index (χ0v) is 17.3. The molecule has 1 heterocycles. The SMILES string of the molecule is CCCC(=O)Nc1cccc(CN=C(NCC)NC2CCN(C(=O)CC)C2)c1. The van der Waals surface area contributed by atoms with Crippen molar-refractivity contribution in [3.63, 3.8) is 0 Å². The van der Waals surface area contributed by atoms with Crippen molar-refractivity contribution < 1.29 is 9.59 Å². The Morgan fingerprint density at radius 3 is 2.79 bits per heavy atom. The van der Waals surface area contributed by atoms with Crippen molar-refractivity contribution in [3.05, 3.63) is 29.8 Å². The van der Waals surface area contributed by atoms with E-state index in [-0.39, 0.29) is 17.9 Å². The van der Waals surface area contributed by atoms with Crippen LogP contribution < -0.4 is 16.0 Å². The molecule has 1 saturated heterocycles. The van der Waals surface area contributed by atoms with Crippen molar-refractivity contribution in [2.24, 2.45) is 4.99 Å². The fraction of sp³-hybridized carbons (Fsp3) is 0.571. The van der Waals surface area contributed by atoms with Gasteiger partial charge in [-0.05, 0) is 37.5 Å². The lowest BCUT2D eigenvalue weighted by Crippen LogP contribution is -2.45. The third kappa shape index (κ3) is 6.87. The van der Waals surface area contributed by atoms with E-state index in [0.717, 1.165) is 49.7 Å². The molecule has 0 aromatic heterocycles. The van der Waals surface area contributed by atoms with Crippen LogP contribution in [0.15, 0.2) is 29.3 Å². The highest BCUT2D eigenvalue weighted by Gasteiger charge is 2.25. The van der Waals surface area contributed by atoms with Crippen LogP contribution >= 0.6 is 0 Å². The Morgan fingerprint density at radius 2 is 2.07 bits per heavy atom. The van der Waals surface area contributed by atoms with Crippen LogP contribution in [0.1, 0.15) is 52.0 Å². The van der Waals surface area contributed by atoms with E-state index in [9.17, 15) is 9.59 Å². The summed E-state index contributed by atoms with van der Waals surface area (Å²) in [5.41, 5.74) is 1.83. The van der Waals surface area contributed by atoms with Gasteiger partial charge in [0.2, 0.25) is 11.8 Å². The smallest absolute Gasteiger partial charge is 0.224 e. The fourth-order valence-corrected chi connectivity index (χ4v) is 3.21. The molecule has 1 aromatic rings. The van der Waals surface area contributed by atoms with E-state index < -0.39 is 0 Å². The average Bonchev–Trinajstić information content (AvgIpc) is 3.14. The Bertz CT molecular complexity index is 689. The number of hydrogen-bond acceptors (Lipinski definition) is 3. The Kier molecular flexibility index (Phi) is 8.78. The van der Waals surface area contributed by atoms with Crippen molar-refractivity contribution in [3.8, 4) is 0 Å². The maximum Gasteiger partial charge on any atom is 0.224 e. The maximum absolute atomic E-state index is 11.9. The largest absolute Gasteiger partial charge is 0.357 e. The van der Waals surface area contributed by atoms with Gasteiger partial charge >= 0.3 is 0 Å². The third-order valence-electron chi connectivity index (χ3n) is 4.64. The van der Waals surface area contributed by atoms with Crippen molar-refractivity contribution in [1.29, 1.82) is 0 Å².